The molecule has 3 nitrogen and oxygen atoms in total. The van der Waals surface area contributed by atoms with Gasteiger partial charge in [-0.2, -0.15) is 8.78 Å². The molecule has 1 aromatic carbocycles. The molecule has 1 saturated heterocycles. The van der Waals surface area contributed by atoms with E-state index in [0.717, 1.165) is 31.6 Å². The first-order chi connectivity index (χ1) is 9.82. The van der Waals surface area contributed by atoms with Gasteiger partial charge < -0.3 is 4.90 Å². The van der Waals surface area contributed by atoms with Crippen LogP contribution in [0, 0.1) is 5.92 Å². The van der Waals surface area contributed by atoms with E-state index < -0.39 is 15.6 Å². The molecule has 2 rings (SSSR count). The van der Waals surface area contributed by atoms with Gasteiger partial charge in [0.15, 0.2) is 0 Å². The Labute approximate surface area is 132 Å². The lowest BCUT2D eigenvalue weighted by atomic mass is 9.94. The minimum absolute atomic E-state index is 0.329. The van der Waals surface area contributed by atoms with Crippen LogP contribution in [0.2, 0.25) is 0 Å². The van der Waals surface area contributed by atoms with Crippen molar-refractivity contribution in [3.8, 4) is 0 Å². The number of sulfone groups is 1. The first-order valence-electron chi connectivity index (χ1n) is 6.83. The summed E-state index contributed by atoms with van der Waals surface area (Å²) in [6.07, 6.45) is 2.12. The van der Waals surface area contributed by atoms with Gasteiger partial charge in [0.25, 0.3) is 0 Å². The van der Waals surface area contributed by atoms with Gasteiger partial charge in [-0.15, -0.1) is 0 Å². The van der Waals surface area contributed by atoms with Crippen LogP contribution in [0.4, 0.5) is 14.5 Å². The third-order valence-corrected chi connectivity index (χ3v) is 6.10. The summed E-state index contributed by atoms with van der Waals surface area (Å²) in [6, 6.07) is 5.73. The summed E-state index contributed by atoms with van der Waals surface area (Å²) in [5.41, 5.74) is 0.879. The molecule has 0 N–H and O–H groups in total. The SMILES string of the molecule is CC(Br)C1CCN(c2ccc(S(=O)(=O)C(F)F)cc2)CC1. The van der Waals surface area contributed by atoms with Gasteiger partial charge in [0.05, 0.1) is 4.90 Å². The van der Waals surface area contributed by atoms with Gasteiger partial charge in [0.2, 0.25) is 9.84 Å². The molecule has 1 fully saturated rings. The van der Waals surface area contributed by atoms with E-state index in [0.29, 0.717) is 10.7 Å². The largest absolute Gasteiger partial charge is 0.372 e. The topological polar surface area (TPSA) is 37.4 Å². The second kappa shape index (κ2) is 6.60. The maximum atomic E-state index is 12.5. The fourth-order valence-electron chi connectivity index (χ4n) is 2.57. The molecule has 1 atom stereocenters. The van der Waals surface area contributed by atoms with Gasteiger partial charge >= 0.3 is 5.76 Å². The monoisotopic (exact) mass is 381 g/mol. The average molecular weight is 382 g/mol. The minimum Gasteiger partial charge on any atom is -0.372 e. The zero-order valence-corrected chi connectivity index (χ0v) is 14.1. The van der Waals surface area contributed by atoms with Crippen molar-refractivity contribution < 1.29 is 17.2 Å². The maximum absolute atomic E-state index is 12.5. The first kappa shape index (κ1) is 16.7. The summed E-state index contributed by atoms with van der Waals surface area (Å²) >= 11 is 3.60. The van der Waals surface area contributed by atoms with Crippen molar-refractivity contribution in [3.63, 3.8) is 0 Å². The highest BCUT2D eigenvalue weighted by Crippen LogP contribution is 2.29. The Morgan fingerprint density at radius 1 is 1.19 bits per heavy atom. The van der Waals surface area contributed by atoms with E-state index in [2.05, 4.69) is 27.8 Å². The van der Waals surface area contributed by atoms with Gasteiger partial charge in [0.1, 0.15) is 0 Å². The quantitative estimate of drug-likeness (QED) is 0.746. The number of halogens is 3. The Balaban J connectivity index is 2.07. The highest BCUT2D eigenvalue weighted by Gasteiger charge is 2.27. The molecule has 1 aliphatic heterocycles. The van der Waals surface area contributed by atoms with Gasteiger partial charge in [-0.3, -0.25) is 0 Å². The van der Waals surface area contributed by atoms with Crippen molar-refractivity contribution >= 4 is 31.5 Å². The number of benzene rings is 1. The maximum Gasteiger partial charge on any atom is 0.341 e. The predicted octanol–water partition coefficient (Wildman–Crippen LogP) is 3.68. The lowest BCUT2D eigenvalue weighted by Gasteiger charge is -2.34. The molecule has 1 heterocycles. The molecule has 0 aromatic heterocycles. The van der Waals surface area contributed by atoms with E-state index in [1.807, 2.05) is 0 Å². The van der Waals surface area contributed by atoms with Crippen LogP contribution in [0.3, 0.4) is 0 Å². The van der Waals surface area contributed by atoms with Crippen molar-refractivity contribution in [2.45, 2.75) is 35.2 Å². The lowest BCUT2D eigenvalue weighted by Crippen LogP contribution is -2.35. The number of hydrogen-bond donors (Lipinski definition) is 0. The lowest BCUT2D eigenvalue weighted by molar-refractivity contribution is 0.234. The Morgan fingerprint density at radius 2 is 1.71 bits per heavy atom. The molecule has 0 amide bonds. The summed E-state index contributed by atoms with van der Waals surface area (Å²) in [7, 11) is -4.50. The zero-order chi connectivity index (χ0) is 15.6. The number of alkyl halides is 3. The number of nitrogens with zero attached hydrogens (tertiary/aromatic N) is 1. The van der Waals surface area contributed by atoms with E-state index in [4.69, 9.17) is 0 Å². The summed E-state index contributed by atoms with van der Waals surface area (Å²) in [6.45, 7) is 3.92. The van der Waals surface area contributed by atoms with Crippen molar-refractivity contribution in [3.05, 3.63) is 24.3 Å². The van der Waals surface area contributed by atoms with E-state index in [-0.39, 0.29) is 4.90 Å². The second-order valence-corrected chi connectivity index (χ2v) is 8.66. The zero-order valence-electron chi connectivity index (χ0n) is 11.7. The fraction of sp³-hybridized carbons (Fsp3) is 0.571. The molecular formula is C14H18BrF2NO2S. The summed E-state index contributed by atoms with van der Waals surface area (Å²) in [5.74, 6) is -2.74. The van der Waals surface area contributed by atoms with E-state index in [1.54, 1.807) is 12.1 Å². The highest BCUT2D eigenvalue weighted by atomic mass is 79.9. The molecule has 0 saturated carbocycles. The normalized spacial score (nSPS) is 19.0. The Hall–Kier alpha value is -0.690. The first-order valence-corrected chi connectivity index (χ1v) is 9.29. The van der Waals surface area contributed by atoms with Crippen LogP contribution in [0.25, 0.3) is 0 Å². The molecule has 0 spiro atoms. The van der Waals surface area contributed by atoms with Crippen LogP contribution < -0.4 is 4.90 Å². The Bertz CT molecular complexity index is 567. The van der Waals surface area contributed by atoms with Crippen molar-refractivity contribution in [1.29, 1.82) is 0 Å². The smallest absolute Gasteiger partial charge is 0.341 e. The molecule has 7 heteroatoms. The fourth-order valence-corrected chi connectivity index (χ4v) is 3.82. The van der Waals surface area contributed by atoms with Gasteiger partial charge in [-0.05, 0) is 43.0 Å². The molecule has 0 bridgehead atoms. The molecule has 21 heavy (non-hydrogen) atoms. The minimum atomic E-state index is -4.50. The third-order valence-electron chi connectivity index (χ3n) is 3.95. The highest BCUT2D eigenvalue weighted by molar-refractivity contribution is 9.09. The second-order valence-electron chi connectivity index (χ2n) is 5.30. The average Bonchev–Trinajstić information content (AvgIpc) is 2.47. The number of rotatable bonds is 4. The predicted molar refractivity (Wildman–Crippen MR) is 83.0 cm³/mol. The number of piperidine rings is 1. The van der Waals surface area contributed by atoms with Crippen LogP contribution in [0.1, 0.15) is 19.8 Å². The van der Waals surface area contributed by atoms with E-state index >= 15 is 0 Å². The molecule has 1 aliphatic rings. The van der Waals surface area contributed by atoms with Crippen molar-refractivity contribution in [1.82, 2.24) is 0 Å². The van der Waals surface area contributed by atoms with Crippen molar-refractivity contribution in [2.24, 2.45) is 5.92 Å². The van der Waals surface area contributed by atoms with Gasteiger partial charge in [-0.1, -0.05) is 22.9 Å². The van der Waals surface area contributed by atoms with Crippen LogP contribution >= 0.6 is 15.9 Å². The molecule has 0 aliphatic carbocycles. The molecule has 0 radical (unpaired) electrons. The van der Waals surface area contributed by atoms with E-state index in [1.165, 1.54) is 12.1 Å². The van der Waals surface area contributed by atoms with Gasteiger partial charge in [0, 0.05) is 23.6 Å². The Morgan fingerprint density at radius 3 is 2.14 bits per heavy atom. The third kappa shape index (κ3) is 3.74. The Kier molecular flexibility index (Phi) is 5.24. The molecule has 1 aromatic rings. The summed E-state index contributed by atoms with van der Waals surface area (Å²) < 4.78 is 47.7. The van der Waals surface area contributed by atoms with Gasteiger partial charge in [-0.25, -0.2) is 8.42 Å². The summed E-state index contributed by atoms with van der Waals surface area (Å²) in [5, 5.41) is 0. The van der Waals surface area contributed by atoms with Crippen LogP contribution in [0.15, 0.2) is 29.2 Å². The number of anilines is 1. The standard InChI is InChI=1S/C14H18BrF2NO2S/c1-10(15)11-6-8-18(9-7-11)12-2-4-13(5-3-12)21(19,20)14(16)17/h2-5,10-11,14H,6-9H2,1H3. The molecular weight excluding hydrogens is 364 g/mol. The van der Waals surface area contributed by atoms with Crippen molar-refractivity contribution in [2.75, 3.05) is 18.0 Å². The van der Waals surface area contributed by atoms with Crippen LogP contribution in [-0.2, 0) is 9.84 Å². The molecule has 118 valence electrons. The number of hydrogen-bond acceptors (Lipinski definition) is 3. The molecule has 1 unspecified atom stereocenters. The summed E-state index contributed by atoms with van der Waals surface area (Å²) in [4.78, 5) is 2.31. The van der Waals surface area contributed by atoms with Crippen LogP contribution in [0.5, 0.6) is 0 Å². The van der Waals surface area contributed by atoms with E-state index in [9.17, 15) is 17.2 Å². The van der Waals surface area contributed by atoms with Crippen LogP contribution in [-0.4, -0.2) is 32.1 Å².